The van der Waals surface area contributed by atoms with Gasteiger partial charge in [0, 0.05) is 9.35 Å². The summed E-state index contributed by atoms with van der Waals surface area (Å²) in [6, 6.07) is 1.96. The predicted octanol–water partition coefficient (Wildman–Crippen LogP) is 3.90. The van der Waals surface area contributed by atoms with Gasteiger partial charge in [0.15, 0.2) is 0 Å². The molecule has 0 saturated heterocycles. The summed E-state index contributed by atoms with van der Waals surface area (Å²) in [6.07, 6.45) is 1.28. The Kier molecular flexibility index (Phi) is 4.16. The Bertz CT molecular complexity index is 293. The van der Waals surface area contributed by atoms with Gasteiger partial charge in [-0.05, 0) is 47.1 Å². The van der Waals surface area contributed by atoms with Crippen molar-refractivity contribution in [2.75, 3.05) is 0 Å². The van der Waals surface area contributed by atoms with Crippen LogP contribution in [0.4, 0.5) is 0 Å². The number of thiophene rings is 1. The molecular weight excluding hydrogens is 248 g/mol. The van der Waals surface area contributed by atoms with E-state index in [4.69, 9.17) is 0 Å². The van der Waals surface area contributed by atoms with E-state index in [0.717, 1.165) is 27.8 Å². The summed E-state index contributed by atoms with van der Waals surface area (Å²) in [5.74, 6) is 0. The predicted molar refractivity (Wildman–Crippen MR) is 61.0 cm³/mol. The fraction of sp³-hybridized carbons (Fsp3) is 0.400. The average Bonchev–Trinajstić information content (AvgIpc) is 2.47. The molecule has 0 saturated carbocycles. The molecule has 0 amide bonds. The van der Waals surface area contributed by atoms with Gasteiger partial charge in [0.05, 0.1) is 6.10 Å². The topological polar surface area (TPSA) is 20.2 Å². The van der Waals surface area contributed by atoms with E-state index in [9.17, 15) is 5.11 Å². The zero-order chi connectivity index (χ0) is 9.84. The Hall–Kier alpha value is -0.120. The number of allylic oxidation sites excluding steroid dienone is 1. The van der Waals surface area contributed by atoms with E-state index in [2.05, 4.69) is 22.5 Å². The maximum Gasteiger partial charge on any atom is 0.0896 e. The van der Waals surface area contributed by atoms with Crippen molar-refractivity contribution in [3.8, 4) is 0 Å². The minimum atomic E-state index is -0.355. The maximum absolute atomic E-state index is 9.78. The van der Waals surface area contributed by atoms with Crippen LogP contribution < -0.4 is 0 Å². The van der Waals surface area contributed by atoms with Crippen molar-refractivity contribution in [1.82, 2.24) is 0 Å². The van der Waals surface area contributed by atoms with Crippen molar-refractivity contribution < 1.29 is 5.11 Å². The monoisotopic (exact) mass is 260 g/mol. The number of aliphatic hydroxyl groups is 1. The first-order chi connectivity index (χ1) is 6.11. The molecule has 1 rings (SSSR count). The van der Waals surface area contributed by atoms with Gasteiger partial charge in [-0.1, -0.05) is 5.57 Å². The molecule has 1 nitrogen and oxygen atoms in total. The first-order valence-electron chi connectivity index (χ1n) is 4.16. The van der Waals surface area contributed by atoms with E-state index in [1.165, 1.54) is 0 Å². The van der Waals surface area contributed by atoms with Crippen LogP contribution >= 0.6 is 27.3 Å². The van der Waals surface area contributed by atoms with Crippen molar-refractivity contribution in [3.05, 3.63) is 32.9 Å². The van der Waals surface area contributed by atoms with E-state index >= 15 is 0 Å². The van der Waals surface area contributed by atoms with E-state index in [-0.39, 0.29) is 6.10 Å². The van der Waals surface area contributed by atoms with Crippen LogP contribution in [0.3, 0.4) is 0 Å². The normalized spacial score (nSPS) is 12.8. The molecule has 13 heavy (non-hydrogen) atoms. The minimum absolute atomic E-state index is 0.355. The van der Waals surface area contributed by atoms with E-state index in [1.807, 2.05) is 18.4 Å². The van der Waals surface area contributed by atoms with Gasteiger partial charge < -0.3 is 5.11 Å². The second kappa shape index (κ2) is 4.94. The number of rotatable bonds is 4. The number of hydrogen-bond acceptors (Lipinski definition) is 2. The quantitative estimate of drug-likeness (QED) is 0.815. The van der Waals surface area contributed by atoms with Crippen molar-refractivity contribution in [3.63, 3.8) is 0 Å². The molecule has 0 aromatic carbocycles. The van der Waals surface area contributed by atoms with Crippen LogP contribution in [0.2, 0.25) is 0 Å². The highest BCUT2D eigenvalue weighted by molar-refractivity contribution is 9.10. The number of halogens is 1. The molecule has 0 aliphatic carbocycles. The Labute approximate surface area is 91.2 Å². The van der Waals surface area contributed by atoms with Crippen molar-refractivity contribution in [1.29, 1.82) is 0 Å². The number of aliphatic hydroxyl groups excluding tert-OH is 1. The van der Waals surface area contributed by atoms with Crippen LogP contribution in [-0.4, -0.2) is 5.11 Å². The zero-order valence-corrected chi connectivity index (χ0v) is 9.99. The lowest BCUT2D eigenvalue weighted by Crippen LogP contribution is -1.95. The third-order valence-electron chi connectivity index (χ3n) is 1.79. The Balaban J connectivity index is 2.53. The molecule has 3 heteroatoms. The Morgan fingerprint density at radius 3 is 2.92 bits per heavy atom. The van der Waals surface area contributed by atoms with E-state index in [1.54, 1.807) is 11.3 Å². The van der Waals surface area contributed by atoms with Crippen molar-refractivity contribution >= 4 is 27.3 Å². The first-order valence-corrected chi connectivity index (χ1v) is 5.84. The van der Waals surface area contributed by atoms with Crippen molar-refractivity contribution in [2.24, 2.45) is 0 Å². The highest BCUT2D eigenvalue weighted by Crippen LogP contribution is 2.31. The summed E-state index contributed by atoms with van der Waals surface area (Å²) < 4.78 is 1.01. The van der Waals surface area contributed by atoms with E-state index < -0.39 is 0 Å². The molecule has 0 aliphatic heterocycles. The smallest absolute Gasteiger partial charge is 0.0896 e. The second-order valence-electron chi connectivity index (χ2n) is 3.14. The molecule has 0 fully saturated rings. The highest BCUT2D eigenvalue weighted by atomic mass is 79.9. The van der Waals surface area contributed by atoms with Crippen LogP contribution in [-0.2, 0) is 0 Å². The Morgan fingerprint density at radius 1 is 1.77 bits per heavy atom. The molecular formula is C10H13BrOS. The first kappa shape index (κ1) is 11.0. The summed E-state index contributed by atoms with van der Waals surface area (Å²) in [5, 5.41) is 11.8. The fourth-order valence-electron chi connectivity index (χ4n) is 1.06. The standard InChI is InChI=1S/C10H13BrOS/c1-7(2)3-4-9(12)10-8(11)5-6-13-10/h5-6,9,12H,1,3-4H2,2H3. The molecule has 0 radical (unpaired) electrons. The lowest BCUT2D eigenvalue weighted by molar-refractivity contribution is 0.171. The molecule has 1 N–H and O–H groups in total. The molecule has 1 atom stereocenters. The molecule has 1 heterocycles. The van der Waals surface area contributed by atoms with Crippen LogP contribution in [0.5, 0.6) is 0 Å². The summed E-state index contributed by atoms with van der Waals surface area (Å²) in [5.41, 5.74) is 1.12. The average molecular weight is 261 g/mol. The third-order valence-corrected chi connectivity index (χ3v) is 3.76. The van der Waals surface area contributed by atoms with Gasteiger partial charge in [-0.2, -0.15) is 0 Å². The third kappa shape index (κ3) is 3.25. The lowest BCUT2D eigenvalue weighted by Gasteiger charge is -2.08. The van der Waals surface area contributed by atoms with Crippen LogP contribution in [0.25, 0.3) is 0 Å². The van der Waals surface area contributed by atoms with E-state index in [0.29, 0.717) is 0 Å². The molecule has 0 bridgehead atoms. The molecule has 1 unspecified atom stereocenters. The van der Waals surface area contributed by atoms with Gasteiger partial charge in [0.1, 0.15) is 0 Å². The summed E-state index contributed by atoms with van der Waals surface area (Å²) in [6.45, 7) is 5.79. The minimum Gasteiger partial charge on any atom is -0.388 e. The molecule has 0 aliphatic rings. The summed E-state index contributed by atoms with van der Waals surface area (Å²) in [4.78, 5) is 1.02. The molecule has 1 aromatic heterocycles. The van der Waals surface area contributed by atoms with Crippen LogP contribution in [0, 0.1) is 0 Å². The van der Waals surface area contributed by atoms with Gasteiger partial charge in [-0.3, -0.25) is 0 Å². The van der Waals surface area contributed by atoms with Crippen molar-refractivity contribution in [2.45, 2.75) is 25.9 Å². The fourth-order valence-corrected chi connectivity index (χ4v) is 2.72. The van der Waals surface area contributed by atoms with Gasteiger partial charge in [-0.15, -0.1) is 17.9 Å². The maximum atomic E-state index is 9.78. The SMILES string of the molecule is C=C(C)CCC(O)c1sccc1Br. The van der Waals surface area contributed by atoms with Gasteiger partial charge in [-0.25, -0.2) is 0 Å². The number of hydrogen-bond donors (Lipinski definition) is 1. The van der Waals surface area contributed by atoms with Gasteiger partial charge in [0.25, 0.3) is 0 Å². The summed E-state index contributed by atoms with van der Waals surface area (Å²) in [7, 11) is 0. The molecule has 0 spiro atoms. The molecule has 72 valence electrons. The lowest BCUT2D eigenvalue weighted by atomic mass is 10.1. The van der Waals surface area contributed by atoms with Crippen LogP contribution in [0.15, 0.2) is 28.1 Å². The largest absolute Gasteiger partial charge is 0.388 e. The zero-order valence-electron chi connectivity index (χ0n) is 7.59. The van der Waals surface area contributed by atoms with Gasteiger partial charge in [0.2, 0.25) is 0 Å². The second-order valence-corrected chi connectivity index (χ2v) is 4.95. The summed E-state index contributed by atoms with van der Waals surface area (Å²) >= 11 is 4.98. The Morgan fingerprint density at radius 2 is 2.46 bits per heavy atom. The van der Waals surface area contributed by atoms with Gasteiger partial charge >= 0.3 is 0 Å². The van der Waals surface area contributed by atoms with Crippen LogP contribution in [0.1, 0.15) is 30.7 Å². The highest BCUT2D eigenvalue weighted by Gasteiger charge is 2.11. The molecule has 1 aromatic rings.